The van der Waals surface area contributed by atoms with E-state index in [0.29, 0.717) is 5.75 Å². The molecular weight excluding hydrogens is 442 g/mol. The van der Waals surface area contributed by atoms with Crippen molar-refractivity contribution in [3.63, 3.8) is 0 Å². The number of aromatic nitrogens is 2. The Kier molecular flexibility index (Phi) is 7.73. The summed E-state index contributed by atoms with van der Waals surface area (Å²) in [6.45, 7) is 12.0. The topological polar surface area (TPSA) is 61.4 Å². The van der Waals surface area contributed by atoms with Gasteiger partial charge in [-0.05, 0) is 55.5 Å². The van der Waals surface area contributed by atoms with Crippen molar-refractivity contribution < 1.29 is 4.79 Å². The molecule has 1 aliphatic heterocycles. The summed E-state index contributed by atoms with van der Waals surface area (Å²) >= 11 is 1.45. The number of amides is 1. The highest BCUT2D eigenvalue weighted by Crippen LogP contribution is 2.29. The number of nitrogens with zero attached hydrogens (tertiary/aromatic N) is 4. The lowest BCUT2D eigenvalue weighted by Gasteiger charge is -2.37. The van der Waals surface area contributed by atoms with E-state index in [2.05, 4.69) is 70.1 Å². The molecule has 4 rings (SSSR count). The normalized spacial score (nSPS) is 13.8. The van der Waals surface area contributed by atoms with Crippen LogP contribution >= 0.6 is 11.8 Å². The number of hydrogen-bond acceptors (Lipinski definition) is 6. The number of rotatable bonds is 7. The molecule has 0 unspecified atom stereocenters. The fourth-order valence-corrected chi connectivity index (χ4v) is 5.15. The number of piperazine rings is 1. The summed E-state index contributed by atoms with van der Waals surface area (Å²) in [4.78, 5) is 26.7. The van der Waals surface area contributed by atoms with E-state index in [-0.39, 0.29) is 5.91 Å². The highest BCUT2D eigenvalue weighted by Gasteiger charge is 2.22. The van der Waals surface area contributed by atoms with Crippen LogP contribution in [0.15, 0.2) is 53.8 Å². The Morgan fingerprint density at radius 3 is 2.47 bits per heavy atom. The van der Waals surface area contributed by atoms with Crippen LogP contribution in [0.25, 0.3) is 0 Å². The van der Waals surface area contributed by atoms with Crippen molar-refractivity contribution >= 4 is 34.9 Å². The standard InChI is InChI=1S/C27H33N5OS/c1-5-22-8-6-7-21(4)25(22)30-24(33)18-34-27-26(28-11-12-29-27)32-15-13-31(14-16-32)23-17-19(2)9-10-20(23)3/h6-12,17H,5,13-16,18H2,1-4H3,(H,30,33). The van der Waals surface area contributed by atoms with Crippen LogP contribution in [0.2, 0.25) is 0 Å². The first-order valence-corrected chi connectivity index (χ1v) is 12.8. The molecule has 178 valence electrons. The van der Waals surface area contributed by atoms with Gasteiger partial charge in [0.1, 0.15) is 5.03 Å². The Morgan fingerprint density at radius 2 is 1.71 bits per heavy atom. The number of carbonyl (C=O) groups excluding carboxylic acids is 1. The average Bonchev–Trinajstić information content (AvgIpc) is 2.86. The maximum Gasteiger partial charge on any atom is 0.234 e. The zero-order valence-corrected chi connectivity index (χ0v) is 21.3. The third-order valence-electron chi connectivity index (χ3n) is 6.28. The predicted molar refractivity (Wildman–Crippen MR) is 142 cm³/mol. The Morgan fingerprint density at radius 1 is 0.971 bits per heavy atom. The first-order chi connectivity index (χ1) is 16.5. The van der Waals surface area contributed by atoms with Gasteiger partial charge in [-0.2, -0.15) is 0 Å². The highest BCUT2D eigenvalue weighted by atomic mass is 32.2. The van der Waals surface area contributed by atoms with Gasteiger partial charge in [0, 0.05) is 49.9 Å². The fourth-order valence-electron chi connectivity index (χ4n) is 4.37. The molecule has 0 aliphatic carbocycles. The molecule has 0 spiro atoms. The molecule has 2 heterocycles. The van der Waals surface area contributed by atoms with Crippen molar-refractivity contribution in [3.8, 4) is 0 Å². The Labute approximate surface area is 206 Å². The number of aryl methyl sites for hydroxylation is 4. The third-order valence-corrected chi connectivity index (χ3v) is 7.24. The van der Waals surface area contributed by atoms with Crippen molar-refractivity contribution in [1.29, 1.82) is 0 Å². The van der Waals surface area contributed by atoms with E-state index in [1.807, 2.05) is 19.1 Å². The summed E-state index contributed by atoms with van der Waals surface area (Å²) in [5, 5.41) is 3.91. The largest absolute Gasteiger partial charge is 0.368 e. The van der Waals surface area contributed by atoms with Crippen LogP contribution in [0, 0.1) is 20.8 Å². The summed E-state index contributed by atoms with van der Waals surface area (Å²) < 4.78 is 0. The minimum Gasteiger partial charge on any atom is -0.368 e. The van der Waals surface area contributed by atoms with E-state index >= 15 is 0 Å². The fraction of sp³-hybridized carbons (Fsp3) is 0.370. The van der Waals surface area contributed by atoms with Crippen LogP contribution in [-0.2, 0) is 11.2 Å². The Hall–Kier alpha value is -3.06. The van der Waals surface area contributed by atoms with Crippen LogP contribution in [0.4, 0.5) is 17.2 Å². The van der Waals surface area contributed by atoms with Gasteiger partial charge in [-0.3, -0.25) is 4.79 Å². The Balaban J connectivity index is 1.39. The van der Waals surface area contributed by atoms with Gasteiger partial charge in [0.2, 0.25) is 5.91 Å². The number of benzene rings is 2. The SMILES string of the molecule is CCc1cccc(C)c1NC(=O)CSc1nccnc1N1CCN(c2cc(C)ccc2C)CC1. The van der Waals surface area contributed by atoms with Gasteiger partial charge in [0.25, 0.3) is 0 Å². The average molecular weight is 476 g/mol. The Bertz CT molecular complexity index is 1160. The highest BCUT2D eigenvalue weighted by molar-refractivity contribution is 8.00. The molecule has 1 N–H and O–H groups in total. The van der Waals surface area contributed by atoms with Crippen molar-refractivity contribution in [2.75, 3.05) is 47.0 Å². The summed E-state index contributed by atoms with van der Waals surface area (Å²) in [6, 6.07) is 12.8. The molecule has 1 amide bonds. The molecule has 6 nitrogen and oxygen atoms in total. The van der Waals surface area contributed by atoms with Gasteiger partial charge >= 0.3 is 0 Å². The van der Waals surface area contributed by atoms with E-state index in [9.17, 15) is 4.79 Å². The lowest BCUT2D eigenvalue weighted by atomic mass is 10.1. The van der Waals surface area contributed by atoms with E-state index in [4.69, 9.17) is 0 Å². The van der Waals surface area contributed by atoms with Crippen LogP contribution in [0.3, 0.4) is 0 Å². The summed E-state index contributed by atoms with van der Waals surface area (Å²) in [7, 11) is 0. The second-order valence-corrected chi connectivity index (χ2v) is 9.71. The van der Waals surface area contributed by atoms with Crippen LogP contribution < -0.4 is 15.1 Å². The second-order valence-electron chi connectivity index (χ2n) is 8.75. The first kappa shape index (κ1) is 24.1. The van der Waals surface area contributed by atoms with Gasteiger partial charge < -0.3 is 15.1 Å². The molecule has 3 aromatic rings. The minimum absolute atomic E-state index is 0.0228. The van der Waals surface area contributed by atoms with Gasteiger partial charge in [-0.1, -0.05) is 49.0 Å². The summed E-state index contributed by atoms with van der Waals surface area (Å²) in [6.07, 6.45) is 4.32. The number of hydrogen-bond donors (Lipinski definition) is 1. The molecule has 1 fully saturated rings. The van der Waals surface area contributed by atoms with E-state index in [0.717, 1.165) is 60.3 Å². The molecule has 34 heavy (non-hydrogen) atoms. The number of nitrogens with one attached hydrogen (secondary N) is 1. The molecule has 1 saturated heterocycles. The predicted octanol–water partition coefficient (Wildman–Crippen LogP) is 5.02. The molecule has 1 aromatic heterocycles. The van der Waals surface area contributed by atoms with E-state index < -0.39 is 0 Å². The molecule has 2 aromatic carbocycles. The molecule has 0 saturated carbocycles. The molecule has 0 bridgehead atoms. The number of anilines is 3. The van der Waals surface area contributed by atoms with Crippen LogP contribution in [0.5, 0.6) is 0 Å². The number of carbonyl (C=O) groups is 1. The maximum atomic E-state index is 12.8. The lowest BCUT2D eigenvalue weighted by molar-refractivity contribution is -0.113. The van der Waals surface area contributed by atoms with E-state index in [1.54, 1.807) is 12.4 Å². The molecule has 0 atom stereocenters. The van der Waals surface area contributed by atoms with E-state index in [1.165, 1.54) is 28.6 Å². The molecular formula is C27H33N5OS. The van der Waals surface area contributed by atoms with Gasteiger partial charge in [-0.25, -0.2) is 9.97 Å². The van der Waals surface area contributed by atoms with Crippen molar-refractivity contribution in [2.45, 2.75) is 39.1 Å². The van der Waals surface area contributed by atoms with Crippen molar-refractivity contribution in [3.05, 3.63) is 71.0 Å². The molecule has 0 radical (unpaired) electrons. The van der Waals surface area contributed by atoms with Crippen LogP contribution in [-0.4, -0.2) is 47.8 Å². The van der Waals surface area contributed by atoms with Crippen molar-refractivity contribution in [2.24, 2.45) is 0 Å². The number of thioether (sulfide) groups is 1. The third kappa shape index (κ3) is 5.53. The minimum atomic E-state index is -0.0228. The number of para-hydroxylation sites is 1. The quantitative estimate of drug-likeness (QED) is 0.484. The smallest absolute Gasteiger partial charge is 0.234 e. The monoisotopic (exact) mass is 475 g/mol. The molecule has 1 aliphatic rings. The van der Waals surface area contributed by atoms with Crippen LogP contribution in [0.1, 0.15) is 29.2 Å². The first-order valence-electron chi connectivity index (χ1n) is 11.9. The summed E-state index contributed by atoms with van der Waals surface area (Å²) in [5.41, 5.74) is 7.07. The zero-order chi connectivity index (χ0) is 24.1. The summed E-state index contributed by atoms with van der Waals surface area (Å²) in [5.74, 6) is 1.14. The zero-order valence-electron chi connectivity index (χ0n) is 20.5. The lowest BCUT2D eigenvalue weighted by Crippen LogP contribution is -2.47. The second kappa shape index (κ2) is 10.9. The van der Waals surface area contributed by atoms with Crippen molar-refractivity contribution in [1.82, 2.24) is 9.97 Å². The molecule has 7 heteroatoms. The van der Waals surface area contributed by atoms with Gasteiger partial charge in [-0.15, -0.1) is 0 Å². The van der Waals surface area contributed by atoms with Gasteiger partial charge in [0.15, 0.2) is 5.82 Å². The maximum absolute atomic E-state index is 12.8. The van der Waals surface area contributed by atoms with Gasteiger partial charge in [0.05, 0.1) is 5.75 Å².